The Labute approximate surface area is 119 Å². The van der Waals surface area contributed by atoms with Crippen LogP contribution in [0.4, 0.5) is 11.6 Å². The monoisotopic (exact) mass is 277 g/mol. The first-order chi connectivity index (χ1) is 9.54. The van der Waals surface area contributed by atoms with Gasteiger partial charge in [0, 0.05) is 31.5 Å². The van der Waals surface area contributed by atoms with Crippen molar-refractivity contribution in [2.75, 3.05) is 24.1 Å². The van der Waals surface area contributed by atoms with E-state index in [2.05, 4.69) is 34.4 Å². The number of nitrogens with one attached hydrogen (secondary N) is 2. The molecular weight excluding hydrogens is 254 g/mol. The lowest BCUT2D eigenvalue weighted by Crippen LogP contribution is -2.28. The van der Waals surface area contributed by atoms with Crippen molar-refractivity contribution >= 4 is 17.5 Å². The highest BCUT2D eigenvalue weighted by Crippen LogP contribution is 2.38. The second-order valence-electron chi connectivity index (χ2n) is 5.69. The molecule has 1 heterocycles. The van der Waals surface area contributed by atoms with Gasteiger partial charge < -0.3 is 16.4 Å². The SMILES string of the molecule is CC(C)CNC(=O)CCNc1cc(N)nc(C2CC2)n1. The van der Waals surface area contributed by atoms with Crippen molar-refractivity contribution in [2.45, 2.75) is 39.0 Å². The van der Waals surface area contributed by atoms with Crippen LogP contribution < -0.4 is 16.4 Å². The number of hydrogen-bond donors (Lipinski definition) is 3. The van der Waals surface area contributed by atoms with E-state index in [0.717, 1.165) is 18.7 Å². The van der Waals surface area contributed by atoms with E-state index in [1.807, 2.05) is 0 Å². The minimum Gasteiger partial charge on any atom is -0.384 e. The minimum absolute atomic E-state index is 0.0515. The largest absolute Gasteiger partial charge is 0.384 e. The summed E-state index contributed by atoms with van der Waals surface area (Å²) in [5, 5.41) is 6.02. The summed E-state index contributed by atoms with van der Waals surface area (Å²) in [7, 11) is 0. The molecule has 1 aromatic rings. The van der Waals surface area contributed by atoms with Gasteiger partial charge in [0.1, 0.15) is 17.5 Å². The van der Waals surface area contributed by atoms with Crippen LogP contribution in [0, 0.1) is 5.92 Å². The fourth-order valence-corrected chi connectivity index (χ4v) is 1.81. The van der Waals surface area contributed by atoms with Crippen LogP contribution in [0.3, 0.4) is 0 Å². The van der Waals surface area contributed by atoms with E-state index < -0.39 is 0 Å². The molecule has 1 saturated carbocycles. The topological polar surface area (TPSA) is 92.9 Å². The zero-order valence-corrected chi connectivity index (χ0v) is 12.1. The maximum atomic E-state index is 11.6. The van der Waals surface area contributed by atoms with Crippen molar-refractivity contribution in [1.29, 1.82) is 0 Å². The van der Waals surface area contributed by atoms with Gasteiger partial charge in [0.25, 0.3) is 0 Å². The van der Waals surface area contributed by atoms with E-state index in [1.54, 1.807) is 6.07 Å². The zero-order chi connectivity index (χ0) is 14.5. The van der Waals surface area contributed by atoms with Gasteiger partial charge in [0.05, 0.1) is 0 Å². The summed E-state index contributed by atoms with van der Waals surface area (Å²) >= 11 is 0. The first-order valence-electron chi connectivity index (χ1n) is 7.19. The fourth-order valence-electron chi connectivity index (χ4n) is 1.81. The fraction of sp³-hybridized carbons (Fsp3) is 0.643. The van der Waals surface area contributed by atoms with E-state index in [4.69, 9.17) is 5.73 Å². The van der Waals surface area contributed by atoms with Crippen LogP contribution >= 0.6 is 0 Å². The summed E-state index contributed by atoms with van der Waals surface area (Å²) in [5.74, 6) is 2.99. The number of carbonyl (C=O) groups excluding carboxylic acids is 1. The maximum absolute atomic E-state index is 11.6. The molecule has 0 atom stereocenters. The number of aromatic nitrogens is 2. The zero-order valence-electron chi connectivity index (χ0n) is 12.1. The van der Waals surface area contributed by atoms with Crippen LogP contribution in [0.25, 0.3) is 0 Å². The van der Waals surface area contributed by atoms with E-state index in [0.29, 0.717) is 43.0 Å². The van der Waals surface area contributed by atoms with E-state index in [-0.39, 0.29) is 5.91 Å². The van der Waals surface area contributed by atoms with Crippen molar-refractivity contribution in [3.05, 3.63) is 11.9 Å². The lowest BCUT2D eigenvalue weighted by molar-refractivity contribution is -0.120. The Morgan fingerprint density at radius 1 is 1.45 bits per heavy atom. The van der Waals surface area contributed by atoms with Crippen molar-refractivity contribution < 1.29 is 4.79 Å². The molecule has 1 fully saturated rings. The molecule has 6 heteroatoms. The van der Waals surface area contributed by atoms with Gasteiger partial charge in [-0.05, 0) is 18.8 Å². The third-order valence-corrected chi connectivity index (χ3v) is 3.07. The minimum atomic E-state index is 0.0515. The van der Waals surface area contributed by atoms with Crippen molar-refractivity contribution in [2.24, 2.45) is 5.92 Å². The molecule has 1 amide bonds. The highest BCUT2D eigenvalue weighted by Gasteiger charge is 2.27. The average Bonchev–Trinajstić information content (AvgIpc) is 3.20. The molecule has 0 aromatic carbocycles. The van der Waals surface area contributed by atoms with Gasteiger partial charge in [-0.2, -0.15) is 0 Å². The average molecular weight is 277 g/mol. The van der Waals surface area contributed by atoms with Crippen molar-refractivity contribution in [1.82, 2.24) is 15.3 Å². The molecule has 0 aliphatic heterocycles. The summed E-state index contributed by atoms with van der Waals surface area (Å²) in [6.45, 7) is 5.40. The Bertz CT molecular complexity index is 471. The number of hydrogen-bond acceptors (Lipinski definition) is 5. The van der Waals surface area contributed by atoms with Gasteiger partial charge in [0.15, 0.2) is 0 Å². The number of rotatable bonds is 7. The maximum Gasteiger partial charge on any atom is 0.221 e. The summed E-state index contributed by atoms with van der Waals surface area (Å²) in [4.78, 5) is 20.2. The number of nitrogen functional groups attached to an aromatic ring is 1. The molecule has 110 valence electrons. The summed E-state index contributed by atoms with van der Waals surface area (Å²) in [5.41, 5.74) is 5.77. The van der Waals surface area contributed by atoms with Crippen molar-refractivity contribution in [3.8, 4) is 0 Å². The van der Waals surface area contributed by atoms with Crippen LogP contribution in [-0.4, -0.2) is 29.0 Å². The third-order valence-electron chi connectivity index (χ3n) is 3.07. The predicted molar refractivity (Wildman–Crippen MR) is 79.4 cm³/mol. The molecule has 4 N–H and O–H groups in total. The van der Waals surface area contributed by atoms with Gasteiger partial charge in [-0.25, -0.2) is 9.97 Å². The van der Waals surface area contributed by atoms with Crippen molar-refractivity contribution in [3.63, 3.8) is 0 Å². The Morgan fingerprint density at radius 2 is 2.20 bits per heavy atom. The number of amides is 1. The molecule has 0 unspecified atom stereocenters. The molecule has 0 bridgehead atoms. The van der Waals surface area contributed by atoms with Gasteiger partial charge >= 0.3 is 0 Å². The molecule has 1 aromatic heterocycles. The Morgan fingerprint density at radius 3 is 2.85 bits per heavy atom. The van der Waals surface area contributed by atoms with Gasteiger partial charge in [-0.1, -0.05) is 13.8 Å². The Kier molecular flexibility index (Phi) is 4.76. The van der Waals surface area contributed by atoms with Crippen LogP contribution in [0.1, 0.15) is 44.9 Å². The molecule has 0 saturated heterocycles. The number of carbonyl (C=O) groups is 1. The summed E-state index contributed by atoms with van der Waals surface area (Å²) < 4.78 is 0. The molecule has 1 aliphatic rings. The first kappa shape index (κ1) is 14.6. The Balaban J connectivity index is 1.77. The summed E-state index contributed by atoms with van der Waals surface area (Å²) in [6, 6.07) is 1.71. The quantitative estimate of drug-likeness (QED) is 0.702. The molecule has 0 spiro atoms. The van der Waals surface area contributed by atoms with Gasteiger partial charge in [-0.3, -0.25) is 4.79 Å². The Hall–Kier alpha value is -1.85. The van der Waals surface area contributed by atoms with E-state index >= 15 is 0 Å². The third kappa shape index (κ3) is 4.68. The van der Waals surface area contributed by atoms with Gasteiger partial charge in [-0.15, -0.1) is 0 Å². The van der Waals surface area contributed by atoms with Gasteiger partial charge in [0.2, 0.25) is 5.91 Å². The highest BCUT2D eigenvalue weighted by molar-refractivity contribution is 5.76. The molecule has 0 radical (unpaired) electrons. The van der Waals surface area contributed by atoms with Crippen LogP contribution in [-0.2, 0) is 4.79 Å². The van der Waals surface area contributed by atoms with Crippen LogP contribution in [0.2, 0.25) is 0 Å². The highest BCUT2D eigenvalue weighted by atomic mass is 16.1. The van der Waals surface area contributed by atoms with E-state index in [1.165, 1.54) is 0 Å². The number of nitrogens with zero attached hydrogens (tertiary/aromatic N) is 2. The lowest BCUT2D eigenvalue weighted by Gasteiger charge is -2.09. The molecule has 20 heavy (non-hydrogen) atoms. The van der Waals surface area contributed by atoms with Crippen LogP contribution in [0.5, 0.6) is 0 Å². The molecular formula is C14H23N5O. The smallest absolute Gasteiger partial charge is 0.221 e. The summed E-state index contributed by atoms with van der Waals surface area (Å²) in [6.07, 6.45) is 2.70. The van der Waals surface area contributed by atoms with E-state index in [9.17, 15) is 4.79 Å². The first-order valence-corrected chi connectivity index (χ1v) is 7.19. The standard InChI is InChI=1S/C14H23N5O/c1-9(2)8-17-13(20)5-6-16-12-7-11(15)18-14(19-12)10-3-4-10/h7,9-10H,3-6,8H2,1-2H3,(H,17,20)(H3,15,16,18,19). The predicted octanol–water partition coefficient (Wildman–Crippen LogP) is 1.51. The normalized spacial score (nSPS) is 14.3. The second kappa shape index (κ2) is 6.54. The second-order valence-corrected chi connectivity index (χ2v) is 5.69. The lowest BCUT2D eigenvalue weighted by atomic mass is 10.2. The molecule has 1 aliphatic carbocycles. The number of anilines is 2. The number of nitrogens with two attached hydrogens (primary N) is 1. The van der Waals surface area contributed by atoms with Crippen LogP contribution in [0.15, 0.2) is 6.07 Å². The molecule has 6 nitrogen and oxygen atoms in total. The molecule has 2 rings (SSSR count).